The van der Waals surface area contributed by atoms with E-state index < -0.39 is 28.9 Å². The zero-order chi connectivity index (χ0) is 12.1. The molecule has 1 aliphatic heterocycles. The molecule has 1 heterocycles. The van der Waals surface area contributed by atoms with Crippen LogP contribution in [0.25, 0.3) is 0 Å². The molecule has 0 bridgehead atoms. The van der Waals surface area contributed by atoms with Crippen molar-refractivity contribution in [1.82, 2.24) is 0 Å². The van der Waals surface area contributed by atoms with E-state index in [4.69, 9.17) is 19.7 Å². The van der Waals surface area contributed by atoms with Crippen LogP contribution >= 0.6 is 0 Å². The maximum Gasteiger partial charge on any atom is 0.339 e. The van der Waals surface area contributed by atoms with Gasteiger partial charge in [0.1, 0.15) is 0 Å². The first-order valence-electron chi connectivity index (χ1n) is 4.42. The van der Waals surface area contributed by atoms with E-state index in [1.54, 1.807) is 0 Å². The Labute approximate surface area is 86.8 Å². The van der Waals surface area contributed by atoms with E-state index in [1.165, 1.54) is 27.7 Å². The summed E-state index contributed by atoms with van der Waals surface area (Å²) in [5.74, 6) is -3.96. The predicted molar refractivity (Wildman–Crippen MR) is 48.3 cm³/mol. The van der Waals surface area contributed by atoms with Crippen molar-refractivity contribution in [2.24, 2.45) is 0 Å². The average molecular weight is 218 g/mol. The van der Waals surface area contributed by atoms with Crippen molar-refractivity contribution in [3.8, 4) is 0 Å². The number of hydrogen-bond donors (Lipinski definition) is 2. The van der Waals surface area contributed by atoms with Crippen LogP contribution in [0.5, 0.6) is 0 Å². The van der Waals surface area contributed by atoms with E-state index in [2.05, 4.69) is 0 Å². The minimum absolute atomic E-state index is 1.19. The van der Waals surface area contributed by atoms with Crippen molar-refractivity contribution in [1.29, 1.82) is 0 Å². The van der Waals surface area contributed by atoms with Crippen LogP contribution in [0.4, 0.5) is 0 Å². The Balaban J connectivity index is 3.27. The molecule has 2 atom stereocenters. The molecule has 6 nitrogen and oxygen atoms in total. The molecule has 0 unspecified atom stereocenters. The fourth-order valence-electron chi connectivity index (χ4n) is 1.69. The third-order valence-electron chi connectivity index (χ3n) is 2.63. The Morgan fingerprint density at radius 3 is 1.33 bits per heavy atom. The summed E-state index contributed by atoms with van der Waals surface area (Å²) in [6.45, 7) is 5.33. The number of aliphatic carboxylic acids is 2. The van der Waals surface area contributed by atoms with Gasteiger partial charge in [0.15, 0.2) is 5.79 Å². The molecule has 0 amide bonds. The Hall–Kier alpha value is -1.14. The van der Waals surface area contributed by atoms with Crippen LogP contribution in [0.1, 0.15) is 27.7 Å². The molecule has 0 aliphatic carbocycles. The average Bonchev–Trinajstić information content (AvgIpc) is 2.19. The molecule has 0 saturated carbocycles. The number of rotatable bonds is 2. The van der Waals surface area contributed by atoms with Crippen LogP contribution in [0.15, 0.2) is 0 Å². The molecule has 0 spiro atoms. The molecular formula is C9H14O6. The molecule has 86 valence electrons. The summed E-state index contributed by atoms with van der Waals surface area (Å²) in [5.41, 5.74) is -3.80. The second-order valence-corrected chi connectivity index (χ2v) is 4.28. The normalized spacial score (nSPS) is 38.9. The first-order chi connectivity index (χ1) is 6.55. The van der Waals surface area contributed by atoms with Crippen LogP contribution in [-0.4, -0.2) is 39.1 Å². The second-order valence-electron chi connectivity index (χ2n) is 4.28. The highest BCUT2D eigenvalue weighted by Crippen LogP contribution is 2.44. The number of carboxylic acids is 2. The lowest BCUT2D eigenvalue weighted by Crippen LogP contribution is -2.57. The van der Waals surface area contributed by atoms with E-state index in [0.29, 0.717) is 0 Å². The van der Waals surface area contributed by atoms with Gasteiger partial charge in [-0.25, -0.2) is 9.59 Å². The van der Waals surface area contributed by atoms with Gasteiger partial charge in [-0.05, 0) is 27.7 Å². The van der Waals surface area contributed by atoms with Crippen molar-refractivity contribution in [3.63, 3.8) is 0 Å². The first-order valence-corrected chi connectivity index (χ1v) is 4.42. The molecule has 1 aliphatic rings. The molecule has 0 aromatic rings. The quantitative estimate of drug-likeness (QED) is 0.699. The Morgan fingerprint density at radius 2 is 1.13 bits per heavy atom. The Kier molecular flexibility index (Phi) is 2.33. The van der Waals surface area contributed by atoms with E-state index in [9.17, 15) is 9.59 Å². The first kappa shape index (κ1) is 11.9. The minimum Gasteiger partial charge on any atom is -0.479 e. The second kappa shape index (κ2) is 2.93. The molecule has 0 radical (unpaired) electrons. The summed E-state index contributed by atoms with van der Waals surface area (Å²) in [5, 5.41) is 18.0. The molecular weight excluding hydrogens is 204 g/mol. The molecule has 1 rings (SSSR count). The zero-order valence-electron chi connectivity index (χ0n) is 9.03. The Bertz CT molecular complexity index is 293. The lowest BCUT2D eigenvalue weighted by molar-refractivity contribution is -0.184. The van der Waals surface area contributed by atoms with Crippen LogP contribution in [-0.2, 0) is 19.1 Å². The summed E-state index contributed by atoms with van der Waals surface area (Å²) < 4.78 is 10.3. The predicted octanol–water partition coefficient (Wildman–Crippen LogP) is 0.456. The Morgan fingerprint density at radius 1 is 0.867 bits per heavy atom. The molecule has 15 heavy (non-hydrogen) atoms. The SMILES string of the molecule is CC1(C)O[C@@](C)(C(=O)O)[C@@](C)(C(=O)O)O1. The maximum absolute atomic E-state index is 11.1. The number of carboxylic acid groups (broad SMARTS) is 2. The summed E-state index contributed by atoms with van der Waals surface area (Å²) in [4.78, 5) is 22.1. The van der Waals surface area contributed by atoms with Crippen LogP contribution in [0.2, 0.25) is 0 Å². The van der Waals surface area contributed by atoms with Gasteiger partial charge in [0.2, 0.25) is 11.2 Å². The zero-order valence-corrected chi connectivity index (χ0v) is 9.03. The standard InChI is InChI=1S/C9H14O6/c1-7(2)14-8(3,5(10)11)9(4,15-7)6(12)13/h1-4H3,(H,10,11)(H,12,13)/t8-,9+. The molecule has 0 aromatic heterocycles. The van der Waals surface area contributed by atoms with E-state index in [0.717, 1.165) is 0 Å². The lowest BCUT2D eigenvalue weighted by Gasteiger charge is -2.29. The third kappa shape index (κ3) is 1.49. The highest BCUT2D eigenvalue weighted by Gasteiger charge is 2.67. The van der Waals surface area contributed by atoms with Gasteiger partial charge in [0.25, 0.3) is 0 Å². The largest absolute Gasteiger partial charge is 0.479 e. The van der Waals surface area contributed by atoms with Gasteiger partial charge in [-0.15, -0.1) is 0 Å². The highest BCUT2D eigenvalue weighted by atomic mass is 16.8. The maximum atomic E-state index is 11.1. The summed E-state index contributed by atoms with van der Waals surface area (Å²) in [7, 11) is 0. The summed E-state index contributed by atoms with van der Waals surface area (Å²) >= 11 is 0. The van der Waals surface area contributed by atoms with Crippen LogP contribution in [0.3, 0.4) is 0 Å². The smallest absolute Gasteiger partial charge is 0.339 e. The lowest BCUT2D eigenvalue weighted by atomic mass is 9.86. The molecule has 1 saturated heterocycles. The van der Waals surface area contributed by atoms with Crippen molar-refractivity contribution in [3.05, 3.63) is 0 Å². The number of hydrogen-bond acceptors (Lipinski definition) is 4. The molecule has 6 heteroatoms. The van der Waals surface area contributed by atoms with Crippen molar-refractivity contribution < 1.29 is 29.3 Å². The van der Waals surface area contributed by atoms with Gasteiger partial charge in [-0.3, -0.25) is 0 Å². The van der Waals surface area contributed by atoms with Gasteiger partial charge >= 0.3 is 11.9 Å². The van der Waals surface area contributed by atoms with Gasteiger partial charge in [-0.2, -0.15) is 0 Å². The molecule has 1 fully saturated rings. The highest BCUT2D eigenvalue weighted by molar-refractivity contribution is 5.91. The van der Waals surface area contributed by atoms with Crippen LogP contribution < -0.4 is 0 Å². The third-order valence-corrected chi connectivity index (χ3v) is 2.63. The van der Waals surface area contributed by atoms with Crippen LogP contribution in [0, 0.1) is 0 Å². The van der Waals surface area contributed by atoms with Crippen molar-refractivity contribution >= 4 is 11.9 Å². The topological polar surface area (TPSA) is 93.1 Å². The summed E-state index contributed by atoms with van der Waals surface area (Å²) in [6.07, 6.45) is 0. The fourth-order valence-corrected chi connectivity index (χ4v) is 1.69. The molecule has 2 N–H and O–H groups in total. The van der Waals surface area contributed by atoms with E-state index in [-0.39, 0.29) is 0 Å². The van der Waals surface area contributed by atoms with Gasteiger partial charge in [-0.1, -0.05) is 0 Å². The monoisotopic (exact) mass is 218 g/mol. The van der Waals surface area contributed by atoms with E-state index in [1.807, 2.05) is 0 Å². The van der Waals surface area contributed by atoms with Gasteiger partial charge < -0.3 is 19.7 Å². The number of ether oxygens (including phenoxy) is 2. The van der Waals surface area contributed by atoms with Crippen molar-refractivity contribution in [2.75, 3.05) is 0 Å². The fraction of sp³-hybridized carbons (Fsp3) is 0.778. The van der Waals surface area contributed by atoms with Crippen molar-refractivity contribution in [2.45, 2.75) is 44.7 Å². The van der Waals surface area contributed by atoms with E-state index >= 15 is 0 Å². The van der Waals surface area contributed by atoms with Gasteiger partial charge in [0.05, 0.1) is 0 Å². The van der Waals surface area contributed by atoms with Gasteiger partial charge in [0, 0.05) is 0 Å². The molecule has 0 aromatic carbocycles. The summed E-state index contributed by atoms with van der Waals surface area (Å²) in [6, 6.07) is 0. The minimum atomic E-state index is -1.90. The number of carbonyl (C=O) groups is 2.